The summed E-state index contributed by atoms with van der Waals surface area (Å²) in [4.78, 5) is 0. The van der Waals surface area contributed by atoms with Gasteiger partial charge in [-0.25, -0.2) is 22.2 Å². The molecule has 1 aromatic rings. The Morgan fingerprint density at radius 2 is 1.85 bits per heavy atom. The maximum absolute atomic E-state index is 13.2. The molecule has 0 N–H and O–H groups in total. The fourth-order valence-corrected chi connectivity index (χ4v) is 4.31. The molecule has 6 nitrogen and oxygen atoms in total. The van der Waals surface area contributed by atoms with Gasteiger partial charge in [0.1, 0.15) is 5.75 Å². The number of hydrogen-bond donors (Lipinski definition) is 0. The van der Waals surface area contributed by atoms with E-state index >= 15 is 0 Å². The minimum Gasteiger partial charge on any atom is -0.490 e. The summed E-state index contributed by atoms with van der Waals surface area (Å²) in [6.45, 7) is 0.266. The van der Waals surface area contributed by atoms with E-state index in [-0.39, 0.29) is 31.2 Å². The van der Waals surface area contributed by atoms with Crippen LogP contribution in [0.3, 0.4) is 0 Å². The summed E-state index contributed by atoms with van der Waals surface area (Å²) >= 11 is 0. The number of benzene rings is 1. The highest BCUT2D eigenvalue weighted by Gasteiger charge is 2.35. The van der Waals surface area contributed by atoms with E-state index in [0.717, 1.165) is 5.56 Å². The van der Waals surface area contributed by atoms with E-state index in [2.05, 4.69) is 9.50 Å². The number of fused-ring (bicyclic) bond motifs is 1. The molecule has 1 saturated carbocycles. The Morgan fingerprint density at radius 1 is 1.15 bits per heavy atom. The molecule has 1 aliphatic carbocycles. The fourth-order valence-electron chi connectivity index (χ4n) is 3.36. The molecule has 27 heavy (non-hydrogen) atoms. The van der Waals surface area contributed by atoms with Gasteiger partial charge in [-0.2, -0.15) is 5.10 Å². The molecular weight excluding hydrogens is 376 g/mol. The minimum absolute atomic E-state index is 0.0612. The van der Waals surface area contributed by atoms with Crippen LogP contribution in [-0.2, 0) is 10.0 Å². The first-order valence-corrected chi connectivity index (χ1v) is 10.4. The van der Waals surface area contributed by atoms with Gasteiger partial charge >= 0.3 is 0 Å². The molecule has 144 valence electrons. The Balaban J connectivity index is 1.50. The summed E-state index contributed by atoms with van der Waals surface area (Å²) in [6, 6.07) is 7.13. The number of hydrogen-bond acceptors (Lipinski definition) is 5. The average Bonchev–Trinajstić information content (AvgIpc) is 2.63. The van der Waals surface area contributed by atoms with Crippen molar-refractivity contribution in [1.29, 1.82) is 0 Å². The van der Waals surface area contributed by atoms with Crippen molar-refractivity contribution in [3.8, 4) is 5.75 Å². The van der Waals surface area contributed by atoms with Crippen LogP contribution in [0.5, 0.6) is 5.75 Å². The van der Waals surface area contributed by atoms with E-state index in [1.165, 1.54) is 0 Å². The van der Waals surface area contributed by atoms with Crippen LogP contribution >= 0.6 is 0 Å². The number of alkyl halides is 2. The molecule has 0 saturated heterocycles. The standard InChI is InChI=1S/C18H19F2N3O3S/c19-18(20)8-5-15(6-9-18)26-14-3-1-13(2-4-14)16-7-10-21-23-11-12-27(24,25)22-17(16)23/h1-4,7,10,15H,5-6,8-9,11-12H2. The molecule has 4 rings (SSSR count). The summed E-state index contributed by atoms with van der Waals surface area (Å²) in [5, 5.41) is 5.72. The lowest BCUT2D eigenvalue weighted by Gasteiger charge is -2.29. The highest BCUT2D eigenvalue weighted by atomic mass is 32.2. The van der Waals surface area contributed by atoms with Crippen LogP contribution < -0.4 is 4.74 Å². The number of ether oxygens (including phenoxy) is 1. The molecule has 9 heteroatoms. The topological polar surface area (TPSA) is 71.3 Å². The third-order valence-electron chi connectivity index (χ3n) is 4.85. The molecule has 0 spiro atoms. The lowest BCUT2D eigenvalue weighted by molar-refractivity contribution is -0.0582. The molecule has 0 atom stereocenters. The quantitative estimate of drug-likeness (QED) is 0.789. The van der Waals surface area contributed by atoms with Crippen LogP contribution in [0.1, 0.15) is 31.2 Å². The zero-order valence-corrected chi connectivity index (χ0v) is 15.3. The summed E-state index contributed by atoms with van der Waals surface area (Å²) in [5.41, 5.74) is 1.45. The van der Waals surface area contributed by atoms with Crippen molar-refractivity contribution < 1.29 is 21.9 Å². The molecule has 0 radical (unpaired) electrons. The van der Waals surface area contributed by atoms with E-state index in [1.807, 2.05) is 0 Å². The Morgan fingerprint density at radius 3 is 2.56 bits per heavy atom. The van der Waals surface area contributed by atoms with Crippen LogP contribution in [0.4, 0.5) is 8.78 Å². The van der Waals surface area contributed by atoms with Gasteiger partial charge in [0.15, 0.2) is 5.84 Å². The van der Waals surface area contributed by atoms with E-state index in [4.69, 9.17) is 4.74 Å². The molecule has 0 amide bonds. The molecule has 3 aliphatic rings. The number of hydrazone groups is 1. The third kappa shape index (κ3) is 4.02. The molecule has 2 heterocycles. The van der Waals surface area contributed by atoms with E-state index in [9.17, 15) is 17.2 Å². The van der Waals surface area contributed by atoms with Gasteiger partial charge in [-0.05, 0) is 36.6 Å². The number of allylic oxidation sites excluding steroid dienone is 1. The molecule has 0 unspecified atom stereocenters. The zero-order chi connectivity index (χ0) is 19.1. The Labute approximate surface area is 156 Å². The van der Waals surface area contributed by atoms with E-state index in [1.54, 1.807) is 41.6 Å². The normalized spacial score (nSPS) is 24.0. The van der Waals surface area contributed by atoms with Crippen molar-refractivity contribution in [3.63, 3.8) is 0 Å². The molecule has 1 fully saturated rings. The van der Waals surface area contributed by atoms with Gasteiger partial charge in [0.25, 0.3) is 10.0 Å². The zero-order valence-electron chi connectivity index (χ0n) is 14.5. The first kappa shape index (κ1) is 18.1. The van der Waals surface area contributed by atoms with Gasteiger partial charge in [-0.15, -0.1) is 4.40 Å². The lowest BCUT2D eigenvalue weighted by atomic mass is 9.94. The minimum atomic E-state index is -3.49. The second-order valence-electron chi connectivity index (χ2n) is 6.87. The SMILES string of the molecule is O=S1(=O)CCN2N=CC=C(c3ccc(OC4CCC(F)(F)CC4)cc3)C2=N1. The summed E-state index contributed by atoms with van der Waals surface area (Å²) in [5.74, 6) is -1.72. The van der Waals surface area contributed by atoms with Crippen LogP contribution in [0.2, 0.25) is 0 Å². The van der Waals surface area contributed by atoms with Crippen molar-refractivity contribution in [3.05, 3.63) is 35.9 Å². The summed E-state index contributed by atoms with van der Waals surface area (Å²) < 4.78 is 59.8. The lowest BCUT2D eigenvalue weighted by Crippen LogP contribution is -2.38. The second kappa shape index (κ2) is 6.70. The van der Waals surface area contributed by atoms with Crippen LogP contribution in [-0.4, -0.2) is 49.8 Å². The smallest absolute Gasteiger partial charge is 0.256 e. The summed E-state index contributed by atoms with van der Waals surface area (Å²) in [6.07, 6.45) is 3.49. The predicted molar refractivity (Wildman–Crippen MR) is 98.7 cm³/mol. The van der Waals surface area contributed by atoms with Gasteiger partial charge in [0, 0.05) is 24.6 Å². The van der Waals surface area contributed by atoms with Gasteiger partial charge < -0.3 is 4.74 Å². The molecular formula is C18H19F2N3O3S. The van der Waals surface area contributed by atoms with Gasteiger partial charge in [0.2, 0.25) is 5.92 Å². The molecule has 0 bridgehead atoms. The molecule has 2 aliphatic heterocycles. The highest BCUT2D eigenvalue weighted by molar-refractivity contribution is 7.90. The monoisotopic (exact) mass is 395 g/mol. The number of amidine groups is 1. The Hall–Kier alpha value is -2.29. The number of sulfonamides is 1. The van der Waals surface area contributed by atoms with Crippen LogP contribution in [0.15, 0.2) is 39.8 Å². The predicted octanol–water partition coefficient (Wildman–Crippen LogP) is 3.07. The first-order valence-electron chi connectivity index (χ1n) is 8.81. The molecule has 1 aromatic carbocycles. The Bertz CT molecular complexity index is 914. The van der Waals surface area contributed by atoms with Crippen LogP contribution in [0.25, 0.3) is 5.57 Å². The average molecular weight is 395 g/mol. The van der Waals surface area contributed by atoms with Crippen molar-refractivity contribution in [1.82, 2.24) is 5.01 Å². The number of halogens is 2. The number of nitrogens with zero attached hydrogens (tertiary/aromatic N) is 3. The maximum Gasteiger partial charge on any atom is 0.256 e. The Kier molecular flexibility index (Phi) is 4.49. The van der Waals surface area contributed by atoms with Gasteiger partial charge in [-0.1, -0.05) is 12.1 Å². The second-order valence-corrected chi connectivity index (χ2v) is 8.62. The highest BCUT2D eigenvalue weighted by Crippen LogP contribution is 2.35. The largest absolute Gasteiger partial charge is 0.490 e. The van der Waals surface area contributed by atoms with Gasteiger partial charge in [-0.3, -0.25) is 0 Å². The van der Waals surface area contributed by atoms with E-state index < -0.39 is 15.9 Å². The molecule has 0 aromatic heterocycles. The van der Waals surface area contributed by atoms with Crippen molar-refractivity contribution in [2.75, 3.05) is 12.3 Å². The van der Waals surface area contributed by atoms with Crippen molar-refractivity contribution >= 4 is 27.6 Å². The van der Waals surface area contributed by atoms with E-state index in [0.29, 0.717) is 30.0 Å². The maximum atomic E-state index is 13.2. The van der Waals surface area contributed by atoms with Crippen LogP contribution in [0, 0.1) is 0 Å². The van der Waals surface area contributed by atoms with Crippen molar-refractivity contribution in [2.45, 2.75) is 37.7 Å². The van der Waals surface area contributed by atoms with Gasteiger partial charge in [0.05, 0.1) is 18.4 Å². The summed E-state index contributed by atoms with van der Waals surface area (Å²) in [7, 11) is -3.49. The first-order chi connectivity index (χ1) is 12.8. The fraction of sp³-hybridized carbons (Fsp3) is 0.444. The third-order valence-corrected chi connectivity index (χ3v) is 6.00. The van der Waals surface area contributed by atoms with Crippen molar-refractivity contribution in [2.24, 2.45) is 9.50 Å². The number of rotatable bonds is 3.